The number of carbonyl (C=O) groups excluding carboxylic acids is 1. The summed E-state index contributed by atoms with van der Waals surface area (Å²) < 4.78 is 4.60. The van der Waals surface area contributed by atoms with Gasteiger partial charge in [0.25, 0.3) is 5.69 Å². The van der Waals surface area contributed by atoms with Gasteiger partial charge in [-0.2, -0.15) is 0 Å². The fraction of sp³-hybridized carbons (Fsp3) is 0.188. The van der Waals surface area contributed by atoms with Crippen molar-refractivity contribution in [2.45, 2.75) is 12.8 Å². The summed E-state index contributed by atoms with van der Waals surface area (Å²) >= 11 is 0. The summed E-state index contributed by atoms with van der Waals surface area (Å²) in [6, 6.07) is 14.1. The minimum absolute atomic E-state index is 0.0715. The highest BCUT2D eigenvalue weighted by atomic mass is 16.6. The largest absolute Gasteiger partial charge is 0.469 e. The van der Waals surface area contributed by atoms with Crippen LogP contribution in [0.15, 0.2) is 48.5 Å². The van der Waals surface area contributed by atoms with Crippen molar-refractivity contribution in [3.63, 3.8) is 0 Å². The Hall–Kier alpha value is -2.69. The van der Waals surface area contributed by atoms with Crippen molar-refractivity contribution in [2.24, 2.45) is 0 Å². The van der Waals surface area contributed by atoms with E-state index < -0.39 is 4.92 Å². The van der Waals surface area contributed by atoms with E-state index in [4.69, 9.17) is 0 Å². The maximum absolute atomic E-state index is 11.1. The van der Waals surface area contributed by atoms with E-state index in [0.717, 1.165) is 16.7 Å². The van der Waals surface area contributed by atoms with Crippen LogP contribution < -0.4 is 0 Å². The number of non-ortho nitro benzene ring substituents is 1. The molecule has 0 bridgehead atoms. The zero-order valence-corrected chi connectivity index (χ0v) is 11.6. The van der Waals surface area contributed by atoms with Crippen LogP contribution in [0.1, 0.15) is 12.0 Å². The molecule has 0 unspecified atom stereocenters. The van der Waals surface area contributed by atoms with Crippen LogP contribution in [0, 0.1) is 10.1 Å². The van der Waals surface area contributed by atoms with Gasteiger partial charge in [-0.05, 0) is 23.1 Å². The third-order valence-corrected chi connectivity index (χ3v) is 3.19. The van der Waals surface area contributed by atoms with Crippen molar-refractivity contribution in [1.82, 2.24) is 0 Å². The number of ether oxygens (including phenoxy) is 1. The van der Waals surface area contributed by atoms with Gasteiger partial charge in [0.05, 0.1) is 12.0 Å². The summed E-state index contributed by atoms with van der Waals surface area (Å²) in [7, 11) is 1.37. The Morgan fingerprint density at radius 2 is 1.86 bits per heavy atom. The van der Waals surface area contributed by atoms with Crippen LogP contribution in [-0.2, 0) is 16.0 Å². The van der Waals surface area contributed by atoms with Crippen LogP contribution in [0.4, 0.5) is 5.69 Å². The van der Waals surface area contributed by atoms with Gasteiger partial charge in [-0.25, -0.2) is 0 Å². The van der Waals surface area contributed by atoms with Gasteiger partial charge in [-0.3, -0.25) is 14.9 Å². The maximum atomic E-state index is 11.1. The molecule has 0 aliphatic rings. The number of carbonyl (C=O) groups is 1. The SMILES string of the molecule is COC(=O)CCc1ccc(-c2cccc([N+](=O)[O-])c2)cc1. The van der Waals surface area contributed by atoms with Crippen molar-refractivity contribution in [1.29, 1.82) is 0 Å². The molecule has 5 nitrogen and oxygen atoms in total. The van der Waals surface area contributed by atoms with Gasteiger partial charge >= 0.3 is 5.97 Å². The Kier molecular flexibility index (Phi) is 4.66. The van der Waals surface area contributed by atoms with E-state index in [1.165, 1.54) is 13.2 Å². The Morgan fingerprint density at radius 3 is 2.48 bits per heavy atom. The third kappa shape index (κ3) is 3.89. The fourth-order valence-electron chi connectivity index (χ4n) is 2.01. The van der Waals surface area contributed by atoms with Crippen molar-refractivity contribution in [3.8, 4) is 11.1 Å². The molecule has 0 radical (unpaired) electrons. The molecule has 2 rings (SSSR count). The van der Waals surface area contributed by atoms with Crippen LogP contribution in [0.2, 0.25) is 0 Å². The summed E-state index contributed by atoms with van der Waals surface area (Å²) in [6.45, 7) is 0. The molecule has 0 saturated heterocycles. The minimum Gasteiger partial charge on any atom is -0.469 e. The zero-order valence-electron chi connectivity index (χ0n) is 11.6. The Balaban J connectivity index is 2.13. The van der Waals surface area contributed by atoms with E-state index in [0.29, 0.717) is 12.8 Å². The molecule has 0 aromatic heterocycles. The highest BCUT2D eigenvalue weighted by molar-refractivity contribution is 5.70. The van der Waals surface area contributed by atoms with Gasteiger partial charge in [-0.15, -0.1) is 0 Å². The molecular weight excluding hydrogens is 270 g/mol. The Labute approximate surface area is 122 Å². The molecule has 0 aliphatic carbocycles. The molecule has 0 saturated carbocycles. The molecule has 0 aliphatic heterocycles. The summed E-state index contributed by atoms with van der Waals surface area (Å²) in [6.07, 6.45) is 0.953. The quantitative estimate of drug-likeness (QED) is 0.480. The number of hydrogen-bond donors (Lipinski definition) is 0. The number of nitro benzene ring substituents is 1. The number of benzene rings is 2. The summed E-state index contributed by atoms with van der Waals surface area (Å²) in [4.78, 5) is 21.5. The van der Waals surface area contributed by atoms with Crippen molar-refractivity contribution in [2.75, 3.05) is 7.11 Å². The first-order valence-electron chi connectivity index (χ1n) is 6.51. The van der Waals surface area contributed by atoms with E-state index in [-0.39, 0.29) is 11.7 Å². The van der Waals surface area contributed by atoms with E-state index in [1.807, 2.05) is 30.3 Å². The molecule has 0 spiro atoms. The van der Waals surface area contributed by atoms with Crippen LogP contribution in [0.25, 0.3) is 11.1 Å². The first-order valence-corrected chi connectivity index (χ1v) is 6.51. The molecule has 0 N–H and O–H groups in total. The lowest BCUT2D eigenvalue weighted by atomic mass is 10.0. The fourth-order valence-corrected chi connectivity index (χ4v) is 2.01. The van der Waals surface area contributed by atoms with Gasteiger partial charge in [0.15, 0.2) is 0 Å². The van der Waals surface area contributed by atoms with E-state index in [2.05, 4.69) is 4.74 Å². The zero-order chi connectivity index (χ0) is 15.2. The van der Waals surface area contributed by atoms with Gasteiger partial charge in [0.1, 0.15) is 0 Å². The lowest BCUT2D eigenvalue weighted by molar-refractivity contribution is -0.384. The number of aryl methyl sites for hydroxylation is 1. The highest BCUT2D eigenvalue weighted by Crippen LogP contribution is 2.24. The number of nitro groups is 1. The van der Waals surface area contributed by atoms with E-state index in [9.17, 15) is 14.9 Å². The van der Waals surface area contributed by atoms with Crippen LogP contribution in [-0.4, -0.2) is 18.0 Å². The molecule has 0 atom stereocenters. The van der Waals surface area contributed by atoms with Crippen molar-refractivity contribution < 1.29 is 14.5 Å². The monoisotopic (exact) mass is 285 g/mol. The molecule has 2 aromatic rings. The van der Waals surface area contributed by atoms with Crippen molar-refractivity contribution >= 4 is 11.7 Å². The van der Waals surface area contributed by atoms with Gasteiger partial charge in [0.2, 0.25) is 0 Å². The van der Waals surface area contributed by atoms with Crippen LogP contribution in [0.5, 0.6) is 0 Å². The standard InChI is InChI=1S/C16H15NO4/c1-21-16(18)10-7-12-5-8-13(9-6-12)14-3-2-4-15(11-14)17(19)20/h2-6,8-9,11H,7,10H2,1H3. The van der Waals surface area contributed by atoms with Gasteiger partial charge in [0, 0.05) is 18.6 Å². The Morgan fingerprint density at radius 1 is 1.14 bits per heavy atom. The number of methoxy groups -OCH3 is 1. The summed E-state index contributed by atoms with van der Waals surface area (Å²) in [5.74, 6) is -0.238. The summed E-state index contributed by atoms with van der Waals surface area (Å²) in [5.41, 5.74) is 2.79. The lowest BCUT2D eigenvalue weighted by Crippen LogP contribution is -2.01. The molecule has 21 heavy (non-hydrogen) atoms. The number of rotatable bonds is 5. The van der Waals surface area contributed by atoms with Crippen LogP contribution >= 0.6 is 0 Å². The van der Waals surface area contributed by atoms with E-state index >= 15 is 0 Å². The molecule has 0 heterocycles. The van der Waals surface area contributed by atoms with E-state index in [1.54, 1.807) is 12.1 Å². The topological polar surface area (TPSA) is 69.4 Å². The molecule has 5 heteroatoms. The molecule has 2 aromatic carbocycles. The second kappa shape index (κ2) is 6.65. The van der Waals surface area contributed by atoms with Crippen LogP contribution in [0.3, 0.4) is 0 Å². The predicted octanol–water partition coefficient (Wildman–Crippen LogP) is 3.37. The van der Waals surface area contributed by atoms with Gasteiger partial charge in [-0.1, -0.05) is 36.4 Å². The Bertz CT molecular complexity index is 650. The van der Waals surface area contributed by atoms with Crippen molar-refractivity contribution in [3.05, 3.63) is 64.2 Å². The normalized spacial score (nSPS) is 10.1. The highest BCUT2D eigenvalue weighted by Gasteiger charge is 2.07. The first kappa shape index (κ1) is 14.7. The average Bonchev–Trinajstić information content (AvgIpc) is 2.53. The summed E-state index contributed by atoms with van der Waals surface area (Å²) in [5, 5.41) is 10.8. The second-order valence-electron chi connectivity index (χ2n) is 4.58. The molecule has 0 amide bonds. The average molecular weight is 285 g/mol. The smallest absolute Gasteiger partial charge is 0.305 e. The lowest BCUT2D eigenvalue weighted by Gasteiger charge is -2.04. The molecule has 0 fully saturated rings. The van der Waals surface area contributed by atoms with Gasteiger partial charge < -0.3 is 4.74 Å². The predicted molar refractivity (Wildman–Crippen MR) is 78.9 cm³/mol. The molecule has 108 valence electrons. The molecular formula is C16H15NO4. The minimum atomic E-state index is -0.409. The first-order chi connectivity index (χ1) is 10.1. The number of nitrogens with zero attached hydrogens (tertiary/aromatic N) is 1. The second-order valence-corrected chi connectivity index (χ2v) is 4.58. The maximum Gasteiger partial charge on any atom is 0.305 e. The third-order valence-electron chi connectivity index (χ3n) is 3.19. The number of esters is 1. The number of hydrogen-bond acceptors (Lipinski definition) is 4.